The van der Waals surface area contributed by atoms with Crippen LogP contribution in [0.25, 0.3) is 0 Å². The van der Waals surface area contributed by atoms with Crippen molar-refractivity contribution in [2.24, 2.45) is 0 Å². The van der Waals surface area contributed by atoms with Crippen molar-refractivity contribution in [1.29, 1.82) is 0 Å². The SMILES string of the molecule is CCCCNC(=O)c1ccnc(C(=O)N2CCN(c3ccccc3OC)CC2)c1. The number of carbonyl (C=O) groups is 2. The van der Waals surface area contributed by atoms with Crippen LogP contribution in [0, 0.1) is 0 Å². The smallest absolute Gasteiger partial charge is 0.272 e. The maximum Gasteiger partial charge on any atom is 0.272 e. The van der Waals surface area contributed by atoms with Crippen molar-refractivity contribution < 1.29 is 14.3 Å². The lowest BCUT2D eigenvalue weighted by Crippen LogP contribution is -2.49. The molecule has 154 valence electrons. The third kappa shape index (κ3) is 5.04. The van der Waals surface area contributed by atoms with Crippen molar-refractivity contribution in [3.8, 4) is 5.75 Å². The second kappa shape index (κ2) is 9.91. The fourth-order valence-corrected chi connectivity index (χ4v) is 3.37. The topological polar surface area (TPSA) is 74.8 Å². The Labute approximate surface area is 171 Å². The third-order valence-electron chi connectivity index (χ3n) is 5.05. The molecular formula is C22H28N4O3. The molecule has 1 aliphatic rings. The molecule has 0 radical (unpaired) electrons. The molecule has 0 unspecified atom stereocenters. The normalized spacial score (nSPS) is 13.9. The van der Waals surface area contributed by atoms with Crippen molar-refractivity contribution in [2.45, 2.75) is 19.8 Å². The van der Waals surface area contributed by atoms with Gasteiger partial charge in [-0.1, -0.05) is 25.5 Å². The van der Waals surface area contributed by atoms with E-state index in [0.717, 1.165) is 24.3 Å². The number of nitrogens with one attached hydrogen (secondary N) is 1. The number of pyridine rings is 1. The molecule has 1 fully saturated rings. The summed E-state index contributed by atoms with van der Waals surface area (Å²) in [6, 6.07) is 11.1. The van der Waals surface area contributed by atoms with Crippen LogP contribution in [0.5, 0.6) is 5.75 Å². The minimum absolute atomic E-state index is 0.145. The van der Waals surface area contributed by atoms with Gasteiger partial charge >= 0.3 is 0 Å². The number of hydrogen-bond donors (Lipinski definition) is 1. The first-order chi connectivity index (χ1) is 14.1. The first-order valence-corrected chi connectivity index (χ1v) is 10.1. The fraction of sp³-hybridized carbons (Fsp3) is 0.409. The van der Waals surface area contributed by atoms with Gasteiger partial charge in [-0.25, -0.2) is 0 Å². The maximum absolute atomic E-state index is 12.9. The van der Waals surface area contributed by atoms with Gasteiger partial charge in [0.15, 0.2) is 0 Å². The summed E-state index contributed by atoms with van der Waals surface area (Å²) in [6.07, 6.45) is 3.47. The van der Waals surface area contributed by atoms with Crippen molar-refractivity contribution in [2.75, 3.05) is 44.7 Å². The number of ether oxygens (including phenoxy) is 1. The highest BCUT2D eigenvalue weighted by molar-refractivity contribution is 5.98. The van der Waals surface area contributed by atoms with E-state index in [0.29, 0.717) is 44.0 Å². The highest BCUT2D eigenvalue weighted by Crippen LogP contribution is 2.28. The van der Waals surface area contributed by atoms with Crippen molar-refractivity contribution in [1.82, 2.24) is 15.2 Å². The number of amides is 2. The van der Waals surface area contributed by atoms with Gasteiger partial charge in [0, 0.05) is 44.5 Å². The summed E-state index contributed by atoms with van der Waals surface area (Å²) in [5.41, 5.74) is 1.80. The van der Waals surface area contributed by atoms with E-state index in [1.165, 1.54) is 6.20 Å². The molecule has 2 heterocycles. The Balaban J connectivity index is 1.62. The van der Waals surface area contributed by atoms with E-state index in [9.17, 15) is 9.59 Å². The molecule has 7 nitrogen and oxygen atoms in total. The highest BCUT2D eigenvalue weighted by Gasteiger charge is 2.25. The van der Waals surface area contributed by atoms with Gasteiger partial charge in [-0.15, -0.1) is 0 Å². The molecular weight excluding hydrogens is 368 g/mol. The van der Waals surface area contributed by atoms with Gasteiger partial charge < -0.3 is 19.9 Å². The van der Waals surface area contributed by atoms with Gasteiger partial charge in [-0.3, -0.25) is 14.6 Å². The number of piperazine rings is 1. The predicted octanol–water partition coefficient (Wildman–Crippen LogP) is 2.58. The van der Waals surface area contributed by atoms with Crippen LogP contribution in [-0.4, -0.2) is 61.5 Å². The zero-order valence-electron chi connectivity index (χ0n) is 17.1. The average molecular weight is 396 g/mol. The number of nitrogens with zero attached hydrogens (tertiary/aromatic N) is 3. The summed E-state index contributed by atoms with van der Waals surface area (Å²) in [7, 11) is 1.66. The van der Waals surface area contributed by atoms with Gasteiger partial charge in [0.25, 0.3) is 11.8 Å². The summed E-state index contributed by atoms with van der Waals surface area (Å²) < 4.78 is 5.44. The van der Waals surface area contributed by atoms with E-state index in [-0.39, 0.29) is 11.8 Å². The summed E-state index contributed by atoms with van der Waals surface area (Å²) in [4.78, 5) is 33.3. The predicted molar refractivity (Wildman–Crippen MR) is 113 cm³/mol. The first-order valence-electron chi connectivity index (χ1n) is 10.1. The van der Waals surface area contributed by atoms with Crippen LogP contribution in [0.3, 0.4) is 0 Å². The molecule has 0 bridgehead atoms. The van der Waals surface area contributed by atoms with Crippen LogP contribution >= 0.6 is 0 Å². The zero-order valence-corrected chi connectivity index (χ0v) is 17.1. The Hall–Kier alpha value is -3.09. The largest absolute Gasteiger partial charge is 0.495 e. The van der Waals surface area contributed by atoms with Crippen molar-refractivity contribution in [3.63, 3.8) is 0 Å². The summed E-state index contributed by atoms with van der Waals surface area (Å²) in [5.74, 6) is 0.513. The molecule has 0 aliphatic carbocycles. The molecule has 3 rings (SSSR count). The maximum atomic E-state index is 12.9. The summed E-state index contributed by atoms with van der Waals surface area (Å²) >= 11 is 0. The highest BCUT2D eigenvalue weighted by atomic mass is 16.5. The Kier molecular flexibility index (Phi) is 7.05. The molecule has 1 N–H and O–H groups in total. The molecule has 1 aliphatic heterocycles. The Bertz CT molecular complexity index is 847. The van der Waals surface area contributed by atoms with E-state index in [4.69, 9.17) is 4.74 Å². The van der Waals surface area contributed by atoms with Crippen LogP contribution in [0.15, 0.2) is 42.6 Å². The first kappa shape index (κ1) is 20.6. The molecule has 2 amide bonds. The molecule has 0 spiro atoms. The molecule has 7 heteroatoms. The minimum atomic E-state index is -0.170. The molecule has 1 aromatic heterocycles. The van der Waals surface area contributed by atoms with E-state index >= 15 is 0 Å². The lowest BCUT2D eigenvalue weighted by molar-refractivity contribution is 0.0740. The number of unbranched alkanes of at least 4 members (excludes halogenated alkanes) is 1. The molecule has 1 aromatic carbocycles. The van der Waals surface area contributed by atoms with Crippen LogP contribution in [0.4, 0.5) is 5.69 Å². The molecule has 1 saturated heterocycles. The second-order valence-corrected chi connectivity index (χ2v) is 6.99. The number of para-hydroxylation sites is 2. The van der Waals surface area contributed by atoms with Crippen LogP contribution in [0.2, 0.25) is 0 Å². The van der Waals surface area contributed by atoms with Crippen molar-refractivity contribution >= 4 is 17.5 Å². The van der Waals surface area contributed by atoms with Gasteiger partial charge in [-0.2, -0.15) is 0 Å². The van der Waals surface area contributed by atoms with Crippen LogP contribution in [0.1, 0.15) is 40.6 Å². The van der Waals surface area contributed by atoms with Crippen molar-refractivity contribution in [3.05, 3.63) is 53.9 Å². The zero-order chi connectivity index (χ0) is 20.6. The van der Waals surface area contributed by atoms with E-state index in [1.807, 2.05) is 24.3 Å². The monoisotopic (exact) mass is 396 g/mol. The van der Waals surface area contributed by atoms with Gasteiger partial charge in [0.05, 0.1) is 12.8 Å². The molecule has 0 atom stereocenters. The van der Waals surface area contributed by atoms with Crippen LogP contribution in [-0.2, 0) is 0 Å². The van der Waals surface area contributed by atoms with Gasteiger partial charge in [-0.05, 0) is 30.7 Å². The lowest BCUT2D eigenvalue weighted by atomic mass is 10.1. The minimum Gasteiger partial charge on any atom is -0.495 e. The van der Waals surface area contributed by atoms with Crippen LogP contribution < -0.4 is 15.0 Å². The second-order valence-electron chi connectivity index (χ2n) is 6.99. The van der Waals surface area contributed by atoms with E-state index in [1.54, 1.807) is 24.1 Å². The third-order valence-corrected chi connectivity index (χ3v) is 5.05. The number of anilines is 1. The molecule has 2 aromatic rings. The van der Waals surface area contributed by atoms with E-state index in [2.05, 4.69) is 22.1 Å². The number of methoxy groups -OCH3 is 1. The lowest BCUT2D eigenvalue weighted by Gasteiger charge is -2.36. The van der Waals surface area contributed by atoms with E-state index < -0.39 is 0 Å². The fourth-order valence-electron chi connectivity index (χ4n) is 3.37. The Morgan fingerprint density at radius 2 is 1.90 bits per heavy atom. The molecule has 0 saturated carbocycles. The Morgan fingerprint density at radius 3 is 2.62 bits per heavy atom. The number of hydrogen-bond acceptors (Lipinski definition) is 5. The standard InChI is InChI=1S/C22H28N4O3/c1-3-4-10-24-21(27)17-9-11-23-18(16-17)22(28)26-14-12-25(13-15-26)19-7-5-6-8-20(19)29-2/h5-9,11,16H,3-4,10,12-15H2,1-2H3,(H,24,27). The number of carbonyl (C=O) groups excluding carboxylic acids is 2. The molecule has 29 heavy (non-hydrogen) atoms. The van der Waals surface area contributed by atoms with Gasteiger partial charge in [0.2, 0.25) is 0 Å². The summed E-state index contributed by atoms with van der Waals surface area (Å²) in [5, 5.41) is 2.87. The average Bonchev–Trinajstić information content (AvgIpc) is 2.79. The Morgan fingerprint density at radius 1 is 1.14 bits per heavy atom. The summed E-state index contributed by atoms with van der Waals surface area (Å²) in [6.45, 7) is 5.30. The number of aromatic nitrogens is 1. The quantitative estimate of drug-likeness (QED) is 0.728. The number of benzene rings is 1. The number of rotatable bonds is 7. The van der Waals surface area contributed by atoms with Gasteiger partial charge in [0.1, 0.15) is 11.4 Å².